The maximum atomic E-state index is 13.0. The molecule has 138 valence electrons. The number of carbonyl (C=O) groups is 1. The number of nitrogens with one attached hydrogen (secondary N) is 1. The van der Waals surface area contributed by atoms with Crippen LogP contribution >= 0.6 is 0 Å². The Kier molecular flexibility index (Phi) is 5.08. The van der Waals surface area contributed by atoms with Crippen molar-refractivity contribution < 1.29 is 18.0 Å². The number of piperazine rings is 1. The average Bonchev–Trinajstić information content (AvgIpc) is 2.62. The van der Waals surface area contributed by atoms with Crippen LogP contribution in [0.4, 0.5) is 24.7 Å². The lowest BCUT2D eigenvalue weighted by Gasteiger charge is -2.32. The van der Waals surface area contributed by atoms with Crippen molar-refractivity contribution in [1.29, 1.82) is 0 Å². The number of aromatic nitrogens is 2. The minimum absolute atomic E-state index is 0.118. The third-order valence-electron chi connectivity index (χ3n) is 4.16. The van der Waals surface area contributed by atoms with Gasteiger partial charge in [-0.2, -0.15) is 13.2 Å². The van der Waals surface area contributed by atoms with Gasteiger partial charge in [0.15, 0.2) is 0 Å². The maximum absolute atomic E-state index is 13.0. The fourth-order valence-corrected chi connectivity index (χ4v) is 2.65. The van der Waals surface area contributed by atoms with E-state index < -0.39 is 11.7 Å². The lowest BCUT2D eigenvalue weighted by Crippen LogP contribution is -2.47. The molecular weight excluding hydrogens is 347 g/mol. The van der Waals surface area contributed by atoms with Gasteiger partial charge in [0.25, 0.3) is 5.91 Å². The Morgan fingerprint density at radius 2 is 1.77 bits per heavy atom. The van der Waals surface area contributed by atoms with Gasteiger partial charge in [-0.15, -0.1) is 0 Å². The maximum Gasteiger partial charge on any atom is 0.418 e. The van der Waals surface area contributed by atoms with Crippen LogP contribution in [0.3, 0.4) is 0 Å². The van der Waals surface area contributed by atoms with E-state index in [-0.39, 0.29) is 23.1 Å². The quantitative estimate of drug-likeness (QED) is 0.906. The van der Waals surface area contributed by atoms with Gasteiger partial charge in [-0.05, 0) is 19.2 Å². The van der Waals surface area contributed by atoms with Gasteiger partial charge in [0.05, 0.1) is 23.6 Å². The molecule has 2 heterocycles. The molecule has 1 fully saturated rings. The molecule has 1 aliphatic rings. The van der Waals surface area contributed by atoms with E-state index in [1.54, 1.807) is 4.90 Å². The molecule has 9 heteroatoms. The summed E-state index contributed by atoms with van der Waals surface area (Å²) >= 11 is 0. The van der Waals surface area contributed by atoms with Crippen molar-refractivity contribution in [3.05, 3.63) is 47.9 Å². The molecule has 1 amide bonds. The van der Waals surface area contributed by atoms with Crippen LogP contribution in [0.2, 0.25) is 0 Å². The molecule has 0 aliphatic carbocycles. The van der Waals surface area contributed by atoms with Crippen molar-refractivity contribution in [3.63, 3.8) is 0 Å². The minimum Gasteiger partial charge on any atom is -0.338 e. The second-order valence-corrected chi connectivity index (χ2v) is 6.05. The zero-order valence-corrected chi connectivity index (χ0v) is 14.1. The molecule has 0 saturated carbocycles. The lowest BCUT2D eigenvalue weighted by atomic mass is 10.1. The SMILES string of the molecule is CN1CCN(C(=O)c2cnc(Nc3ccccc3C(F)(F)F)cn2)CC1. The van der Waals surface area contributed by atoms with Gasteiger partial charge in [-0.1, -0.05) is 12.1 Å². The summed E-state index contributed by atoms with van der Waals surface area (Å²) in [4.78, 5) is 24.3. The monoisotopic (exact) mass is 365 g/mol. The number of rotatable bonds is 3. The third-order valence-corrected chi connectivity index (χ3v) is 4.16. The van der Waals surface area contributed by atoms with E-state index in [9.17, 15) is 18.0 Å². The molecule has 3 rings (SSSR count). The molecule has 0 atom stereocenters. The van der Waals surface area contributed by atoms with E-state index in [2.05, 4.69) is 20.2 Å². The Hall–Kier alpha value is -2.68. The Morgan fingerprint density at radius 3 is 2.38 bits per heavy atom. The van der Waals surface area contributed by atoms with E-state index in [4.69, 9.17) is 0 Å². The first-order valence-corrected chi connectivity index (χ1v) is 8.08. The first kappa shape index (κ1) is 18.1. The summed E-state index contributed by atoms with van der Waals surface area (Å²) in [7, 11) is 1.99. The van der Waals surface area contributed by atoms with Crippen molar-refractivity contribution in [2.24, 2.45) is 0 Å². The van der Waals surface area contributed by atoms with Crippen LogP contribution in [0.5, 0.6) is 0 Å². The molecule has 1 N–H and O–H groups in total. The van der Waals surface area contributed by atoms with Gasteiger partial charge in [-0.3, -0.25) is 4.79 Å². The second kappa shape index (κ2) is 7.28. The summed E-state index contributed by atoms with van der Waals surface area (Å²) in [6.07, 6.45) is -1.94. The Balaban J connectivity index is 1.72. The van der Waals surface area contributed by atoms with Gasteiger partial charge < -0.3 is 15.1 Å². The zero-order chi connectivity index (χ0) is 18.7. The molecule has 2 aromatic rings. The van der Waals surface area contributed by atoms with E-state index in [1.807, 2.05) is 7.05 Å². The zero-order valence-electron chi connectivity index (χ0n) is 14.1. The molecule has 0 unspecified atom stereocenters. The van der Waals surface area contributed by atoms with Crippen LogP contribution in [0.25, 0.3) is 0 Å². The van der Waals surface area contributed by atoms with Gasteiger partial charge in [0.2, 0.25) is 0 Å². The van der Waals surface area contributed by atoms with Crippen molar-refractivity contribution in [2.75, 3.05) is 38.5 Å². The minimum atomic E-state index is -4.48. The summed E-state index contributed by atoms with van der Waals surface area (Å²) in [6.45, 7) is 2.78. The number of nitrogens with zero attached hydrogens (tertiary/aromatic N) is 4. The highest BCUT2D eigenvalue weighted by molar-refractivity contribution is 5.92. The number of hydrogen-bond donors (Lipinski definition) is 1. The van der Waals surface area contributed by atoms with E-state index in [1.165, 1.54) is 30.6 Å². The van der Waals surface area contributed by atoms with Crippen LogP contribution in [0, 0.1) is 0 Å². The van der Waals surface area contributed by atoms with Gasteiger partial charge >= 0.3 is 6.18 Å². The first-order valence-electron chi connectivity index (χ1n) is 8.08. The molecule has 0 spiro atoms. The highest BCUT2D eigenvalue weighted by Crippen LogP contribution is 2.35. The summed E-state index contributed by atoms with van der Waals surface area (Å²) in [5.41, 5.74) is -0.740. The van der Waals surface area contributed by atoms with Crippen LogP contribution in [-0.2, 0) is 6.18 Å². The number of hydrogen-bond acceptors (Lipinski definition) is 5. The van der Waals surface area contributed by atoms with Crippen molar-refractivity contribution in [2.45, 2.75) is 6.18 Å². The fourth-order valence-electron chi connectivity index (χ4n) is 2.65. The molecular formula is C17H18F3N5O. The summed E-state index contributed by atoms with van der Waals surface area (Å²) in [6, 6.07) is 5.11. The Bertz CT molecular complexity index is 771. The third kappa shape index (κ3) is 4.10. The lowest BCUT2D eigenvalue weighted by molar-refractivity contribution is -0.136. The fraction of sp³-hybridized carbons (Fsp3) is 0.353. The van der Waals surface area contributed by atoms with Crippen molar-refractivity contribution in [3.8, 4) is 0 Å². The van der Waals surface area contributed by atoms with Crippen LogP contribution in [0.15, 0.2) is 36.7 Å². The molecule has 1 aliphatic heterocycles. The van der Waals surface area contributed by atoms with Gasteiger partial charge in [-0.25, -0.2) is 9.97 Å². The van der Waals surface area contributed by atoms with E-state index in [0.29, 0.717) is 13.1 Å². The van der Waals surface area contributed by atoms with E-state index in [0.717, 1.165) is 19.2 Å². The number of benzene rings is 1. The normalized spacial score (nSPS) is 15.8. The average molecular weight is 365 g/mol. The molecule has 0 radical (unpaired) electrons. The molecule has 26 heavy (non-hydrogen) atoms. The van der Waals surface area contributed by atoms with Crippen molar-refractivity contribution >= 4 is 17.4 Å². The second-order valence-electron chi connectivity index (χ2n) is 6.05. The molecule has 1 aromatic heterocycles. The van der Waals surface area contributed by atoms with Crippen molar-refractivity contribution in [1.82, 2.24) is 19.8 Å². The molecule has 1 aromatic carbocycles. The standard InChI is InChI=1S/C17H18F3N5O/c1-24-6-8-25(9-7-24)16(26)14-10-22-15(11-21-14)23-13-5-3-2-4-12(13)17(18,19)20/h2-5,10-11H,6-9H2,1H3,(H,22,23). The number of para-hydroxylation sites is 1. The number of likely N-dealkylation sites (N-methyl/N-ethyl adjacent to an activating group) is 1. The highest BCUT2D eigenvalue weighted by Gasteiger charge is 2.33. The van der Waals surface area contributed by atoms with Crippen LogP contribution in [0.1, 0.15) is 16.1 Å². The molecule has 0 bridgehead atoms. The van der Waals surface area contributed by atoms with E-state index >= 15 is 0 Å². The Morgan fingerprint density at radius 1 is 1.08 bits per heavy atom. The largest absolute Gasteiger partial charge is 0.418 e. The number of carbonyl (C=O) groups excluding carboxylic acids is 1. The first-order chi connectivity index (χ1) is 12.3. The summed E-state index contributed by atoms with van der Waals surface area (Å²) in [5.74, 6) is -0.0931. The smallest absolute Gasteiger partial charge is 0.338 e. The molecule has 1 saturated heterocycles. The predicted octanol–water partition coefficient (Wildman–Crippen LogP) is 2.63. The topological polar surface area (TPSA) is 61.4 Å². The number of alkyl halides is 3. The summed E-state index contributed by atoms with van der Waals surface area (Å²) < 4.78 is 39.1. The predicted molar refractivity (Wildman–Crippen MR) is 90.2 cm³/mol. The van der Waals surface area contributed by atoms with Crippen LogP contribution < -0.4 is 5.32 Å². The van der Waals surface area contributed by atoms with Gasteiger partial charge in [0.1, 0.15) is 11.5 Å². The van der Waals surface area contributed by atoms with Crippen LogP contribution in [-0.4, -0.2) is 58.9 Å². The van der Waals surface area contributed by atoms with Gasteiger partial charge in [0, 0.05) is 26.2 Å². The highest BCUT2D eigenvalue weighted by atomic mass is 19.4. The number of anilines is 2. The number of halogens is 3. The molecule has 6 nitrogen and oxygen atoms in total. The Labute approximate surface area is 148 Å². The number of amides is 1. The summed E-state index contributed by atoms with van der Waals surface area (Å²) in [5, 5.41) is 2.61.